The molecule has 11 rings (SSSR count). The number of thiazole rings is 2. The monoisotopic (exact) mass is 1430 g/mol. The molecule has 37 heteroatoms. The van der Waals surface area contributed by atoms with E-state index in [2.05, 4.69) is 45.7 Å². The number of nitrogens with one attached hydrogen (secondary N) is 2. The summed E-state index contributed by atoms with van der Waals surface area (Å²) in [6.07, 6.45) is 2.64. The van der Waals surface area contributed by atoms with Crippen LogP contribution in [0.1, 0.15) is 78.9 Å². The number of carbonyl (C=O) groups is 4. The smallest absolute Gasteiger partial charge is 0.334 e. The number of morpholine rings is 2. The van der Waals surface area contributed by atoms with Gasteiger partial charge in [-0.15, -0.1) is 20.5 Å². The lowest BCUT2D eigenvalue weighted by molar-refractivity contribution is 0.0695. The molecule has 2 saturated heterocycles. The number of hydrogen-bond acceptors (Lipinski definition) is 30. The van der Waals surface area contributed by atoms with Gasteiger partial charge in [-0.1, -0.05) is 41.0 Å². The van der Waals surface area contributed by atoms with Gasteiger partial charge in [0.15, 0.2) is 5.16 Å². The molecule has 32 nitrogen and oxygen atoms in total. The average molecular weight is 1430 g/mol. The van der Waals surface area contributed by atoms with E-state index in [0.29, 0.717) is 133 Å². The van der Waals surface area contributed by atoms with Crippen molar-refractivity contribution in [1.29, 1.82) is 5.26 Å². The minimum Gasteiger partial charge on any atom is -0.396 e. The number of ether oxygens (including phenoxy) is 2. The normalized spacial score (nSPS) is 15.4. The first-order valence-corrected chi connectivity index (χ1v) is 35.7. The molecule has 0 atom stereocenters. The molecule has 0 unspecified atom stereocenters. The summed E-state index contributed by atoms with van der Waals surface area (Å²) in [5.41, 5.74) is 1.64. The molecule has 4 aliphatic heterocycles. The summed E-state index contributed by atoms with van der Waals surface area (Å²) in [6.45, 7) is 21.5. The van der Waals surface area contributed by atoms with Crippen LogP contribution in [0.15, 0.2) is 120 Å². The molecule has 0 radical (unpaired) electrons. The molecule has 3 aromatic heterocycles. The fourth-order valence-corrected chi connectivity index (χ4v) is 14.0. The third-order valence-electron chi connectivity index (χ3n) is 15.5. The Morgan fingerprint density at radius 2 is 1.07 bits per heavy atom. The lowest BCUT2D eigenvalue weighted by atomic mass is 10.1. The van der Waals surface area contributed by atoms with Crippen molar-refractivity contribution >= 4 is 158 Å². The zero-order valence-electron chi connectivity index (χ0n) is 52.6. The number of aromatic nitrogens is 5. The van der Waals surface area contributed by atoms with Crippen molar-refractivity contribution in [3.8, 4) is 6.07 Å². The Morgan fingerprint density at radius 1 is 0.633 bits per heavy atom. The van der Waals surface area contributed by atoms with Gasteiger partial charge in [0, 0.05) is 69.5 Å². The molecule has 2 fully saturated rings. The number of amides is 4. The summed E-state index contributed by atoms with van der Waals surface area (Å²) >= 11 is 3.19. The van der Waals surface area contributed by atoms with Crippen molar-refractivity contribution in [1.82, 2.24) is 34.7 Å². The number of thioether (sulfide) groups is 1. The highest BCUT2D eigenvalue weighted by Gasteiger charge is 2.44. The topological polar surface area (TPSA) is 401 Å². The Kier molecular flexibility index (Phi) is 21.0. The molecule has 0 saturated carbocycles. The maximum Gasteiger partial charge on any atom is 0.334 e. The summed E-state index contributed by atoms with van der Waals surface area (Å²) in [5.74, 6) is -3.08. The minimum atomic E-state index is -4.74. The maximum atomic E-state index is 13.7. The number of anilines is 8. The van der Waals surface area contributed by atoms with Crippen molar-refractivity contribution in [2.24, 2.45) is 20.5 Å². The number of aliphatic hydroxyl groups excluding tert-OH is 1. The van der Waals surface area contributed by atoms with Crippen LogP contribution in [0.3, 0.4) is 0 Å². The van der Waals surface area contributed by atoms with Gasteiger partial charge in [0.05, 0.1) is 86.2 Å². The number of benzene rings is 4. The maximum absolute atomic E-state index is 13.7. The van der Waals surface area contributed by atoms with E-state index >= 15 is 0 Å². The highest BCUT2D eigenvalue weighted by Crippen LogP contribution is 2.42. The second-order valence-electron chi connectivity index (χ2n) is 21.3. The molecule has 5 N–H and O–H groups in total. The van der Waals surface area contributed by atoms with Gasteiger partial charge in [0.1, 0.15) is 34.8 Å². The molecule has 7 aromatic rings. The lowest BCUT2D eigenvalue weighted by Gasteiger charge is -2.27. The predicted octanol–water partition coefficient (Wildman–Crippen LogP) is 9.72. The standard InChI is InChI=1S/C61H59N19O13S5/c1-6-75(7-2)35-10-16-44(71-73-60-66-51(77-18-23-92-24-19-77)48(95-60)30-37(34-62)79-53(82)40-14-12-38(97(86,87)88)31-42(40)55(79)84)46(28-35)64-57-68-58(70-59(69-57)94-27-22-81)65-47-29-36(76(8-3)9-4)11-17-45(47)72-74-61-67-52(78-20-25-93-26-21-78)49(96-61)33-50(63-5)80-54(83)41-15-13-39(98(89,90)91)32-43(41)56(80)85/h10-17,28-33,81H,6-9,18-27H2,1-4H3,(H,86,87,88)(H,89,90,91)(H2,64,65,68,69,70)/b37-30+,50-33+,73-71?,74-72?. The first kappa shape index (κ1) is 69.3. The molecule has 7 heterocycles. The van der Waals surface area contributed by atoms with E-state index in [4.69, 9.17) is 41.0 Å². The zero-order chi connectivity index (χ0) is 69.6. The quantitative estimate of drug-likeness (QED) is 0.00887. The molecule has 0 aliphatic carbocycles. The van der Waals surface area contributed by atoms with Crippen molar-refractivity contribution in [3.63, 3.8) is 0 Å². The number of aliphatic hydroxyl groups is 1. The number of carbonyl (C=O) groups excluding carboxylic acids is 4. The summed E-state index contributed by atoms with van der Waals surface area (Å²) in [4.78, 5) is 91.1. The minimum absolute atomic E-state index is 0.0451. The van der Waals surface area contributed by atoms with Crippen LogP contribution in [-0.2, 0) is 29.7 Å². The fraction of sp³-hybridized carbons (Fsp3) is 0.295. The lowest BCUT2D eigenvalue weighted by Crippen LogP contribution is -2.36. The van der Waals surface area contributed by atoms with Crippen LogP contribution < -0.4 is 30.2 Å². The van der Waals surface area contributed by atoms with E-state index in [1.165, 1.54) is 12.2 Å². The number of allylic oxidation sites excluding steroid dienone is 1. The highest BCUT2D eigenvalue weighted by atomic mass is 32.2. The first-order chi connectivity index (χ1) is 47.1. The SMILES string of the molecule is [C-]#[N+]/C(=C\c1sc(N=Nc2ccc(N(CC)CC)cc2Nc2nc(Nc3cc(N(CC)CC)ccc3N=Nc3nc(N4CCOCC4)c(/C=C(\C#N)N4C(=O)c5ccc(S(=O)(=O)O)cc5C4=O)s3)nc(SCCO)n2)nc1N1CCOCC1)N1C(=O)c2ccc(S(=O)(=O)O)cc2C1=O. The summed E-state index contributed by atoms with van der Waals surface area (Å²) in [5, 5.41) is 46.1. The number of hydrogen-bond donors (Lipinski definition) is 5. The zero-order valence-corrected chi connectivity index (χ0v) is 56.6. The fourth-order valence-electron chi connectivity index (χ4n) is 10.7. The second-order valence-corrected chi connectivity index (χ2v) is 27.2. The van der Waals surface area contributed by atoms with Gasteiger partial charge >= 0.3 is 11.8 Å². The number of azo groups is 2. The summed E-state index contributed by atoms with van der Waals surface area (Å²) in [7, 11) is -9.48. The Balaban J connectivity index is 0.928. The molecular formula is C61H59N19O13S5. The average Bonchev–Trinajstić information content (AvgIpc) is 1.61. The van der Waals surface area contributed by atoms with Crippen LogP contribution in [-0.4, -0.2) is 181 Å². The Hall–Kier alpha value is -10.1. The van der Waals surface area contributed by atoms with E-state index in [-0.39, 0.29) is 61.9 Å². The van der Waals surface area contributed by atoms with Crippen LogP contribution in [0, 0.1) is 17.9 Å². The Morgan fingerprint density at radius 3 is 1.50 bits per heavy atom. The molecule has 4 aliphatic rings. The highest BCUT2D eigenvalue weighted by molar-refractivity contribution is 7.99. The van der Waals surface area contributed by atoms with E-state index in [1.807, 2.05) is 67.8 Å². The molecular weight excluding hydrogens is 1370 g/mol. The molecule has 506 valence electrons. The van der Waals surface area contributed by atoms with E-state index in [9.17, 15) is 55.5 Å². The van der Waals surface area contributed by atoms with E-state index < -0.39 is 65.2 Å². The third kappa shape index (κ3) is 14.9. The van der Waals surface area contributed by atoms with Crippen molar-refractivity contribution in [2.75, 3.05) is 121 Å². The van der Waals surface area contributed by atoms with Crippen LogP contribution in [0.2, 0.25) is 0 Å². The molecule has 0 spiro atoms. The van der Waals surface area contributed by atoms with Gasteiger partial charge in [-0.05, 0) is 113 Å². The first-order valence-electron chi connectivity index (χ1n) is 30.2. The second kappa shape index (κ2) is 29.7. The van der Waals surface area contributed by atoms with Crippen LogP contribution in [0.25, 0.3) is 17.0 Å². The van der Waals surface area contributed by atoms with Gasteiger partial charge < -0.3 is 49.7 Å². The van der Waals surface area contributed by atoms with Gasteiger partial charge in [0.25, 0.3) is 32.1 Å². The largest absolute Gasteiger partial charge is 0.396 e. The van der Waals surface area contributed by atoms with Crippen LogP contribution in [0.4, 0.5) is 67.9 Å². The number of imide groups is 2. The van der Waals surface area contributed by atoms with Crippen molar-refractivity contribution < 1.29 is 59.7 Å². The van der Waals surface area contributed by atoms with Crippen molar-refractivity contribution in [2.45, 2.75) is 42.6 Å². The van der Waals surface area contributed by atoms with Gasteiger partial charge in [0.2, 0.25) is 28.0 Å². The Labute approximate surface area is 573 Å². The van der Waals surface area contributed by atoms with E-state index in [1.54, 1.807) is 12.1 Å². The van der Waals surface area contributed by atoms with Gasteiger partial charge in [-0.3, -0.25) is 18.7 Å². The molecule has 98 heavy (non-hydrogen) atoms. The number of nitriles is 1. The molecule has 4 aromatic carbocycles. The summed E-state index contributed by atoms with van der Waals surface area (Å²) in [6, 6.07) is 18.8. The van der Waals surface area contributed by atoms with Gasteiger partial charge in [-0.2, -0.15) is 51.9 Å². The number of rotatable bonds is 25. The van der Waals surface area contributed by atoms with Gasteiger partial charge in [-0.25, -0.2) is 14.5 Å². The predicted molar refractivity (Wildman–Crippen MR) is 365 cm³/mol. The van der Waals surface area contributed by atoms with Crippen LogP contribution in [0.5, 0.6) is 0 Å². The van der Waals surface area contributed by atoms with Crippen LogP contribution >= 0.6 is 34.4 Å². The number of fused-ring (bicyclic) bond motifs is 2. The van der Waals surface area contributed by atoms with E-state index in [0.717, 1.165) is 82.2 Å². The molecule has 4 amide bonds. The third-order valence-corrected chi connectivity index (χ3v) is 19.8. The summed E-state index contributed by atoms with van der Waals surface area (Å²) < 4.78 is 78.4. The Bertz CT molecular complexity index is 4490. The molecule has 0 bridgehead atoms. The van der Waals surface area contributed by atoms with Crippen molar-refractivity contribution in [3.05, 3.63) is 128 Å². The number of nitrogens with zero attached hydrogens (tertiary/aromatic N) is 17.